The van der Waals surface area contributed by atoms with Gasteiger partial charge in [-0.25, -0.2) is 4.79 Å². The normalized spacial score (nSPS) is 25.0. The number of carbonyl (C=O) groups excluding carboxylic acids is 1. The monoisotopic (exact) mass is 360 g/mol. The Morgan fingerprint density at radius 1 is 1.57 bits per heavy atom. The Bertz CT molecular complexity index is 638. The third-order valence-corrected chi connectivity index (χ3v) is 4.00. The van der Waals surface area contributed by atoms with Gasteiger partial charge in [0.15, 0.2) is 0 Å². The number of rotatable bonds is 4. The van der Waals surface area contributed by atoms with Crippen LogP contribution in [0.2, 0.25) is 0 Å². The highest BCUT2D eigenvalue weighted by Crippen LogP contribution is 2.31. The molecule has 0 radical (unpaired) electrons. The van der Waals surface area contributed by atoms with Gasteiger partial charge in [0.2, 0.25) is 0 Å². The summed E-state index contributed by atoms with van der Waals surface area (Å²) in [6.45, 7) is 3.26. The second-order valence-corrected chi connectivity index (χ2v) is 5.44. The second-order valence-electron chi connectivity index (χ2n) is 4.88. The molecule has 0 saturated carbocycles. The molecule has 1 aromatic heterocycles. The average Bonchev–Trinajstić information content (AvgIpc) is 2.81. The first-order valence-electron chi connectivity index (χ1n) is 6.69. The summed E-state index contributed by atoms with van der Waals surface area (Å²) in [5.41, 5.74) is -0.523. The molecule has 1 aromatic rings. The van der Waals surface area contributed by atoms with E-state index in [-0.39, 0.29) is 18.2 Å². The topological polar surface area (TPSA) is 90.4 Å². The van der Waals surface area contributed by atoms with Crippen molar-refractivity contribution >= 4 is 21.9 Å². The van der Waals surface area contributed by atoms with Crippen LogP contribution in [0, 0.1) is 0 Å². The third kappa shape index (κ3) is 3.44. The number of alkyl halides is 1. The first kappa shape index (κ1) is 16.0. The lowest BCUT2D eigenvalue weighted by atomic mass is 10.1. The van der Waals surface area contributed by atoms with Gasteiger partial charge in [-0.15, -0.1) is 0 Å². The van der Waals surface area contributed by atoms with E-state index in [2.05, 4.69) is 20.9 Å². The molecule has 0 unspecified atom stereocenters. The molecule has 1 saturated heterocycles. The molecule has 1 aliphatic rings. The molecule has 0 amide bonds. The van der Waals surface area contributed by atoms with Crippen molar-refractivity contribution in [1.29, 1.82) is 0 Å². The van der Waals surface area contributed by atoms with Gasteiger partial charge in [-0.2, -0.15) is 0 Å². The summed E-state index contributed by atoms with van der Waals surface area (Å²) in [6, 6.07) is 0. The van der Waals surface area contributed by atoms with Crippen LogP contribution in [0.15, 0.2) is 15.8 Å². The van der Waals surface area contributed by atoms with E-state index in [1.807, 2.05) is 6.92 Å². The van der Waals surface area contributed by atoms with Crippen LogP contribution in [0.3, 0.4) is 0 Å². The van der Waals surface area contributed by atoms with Crippen LogP contribution in [0.5, 0.6) is 0 Å². The Kier molecular flexibility index (Phi) is 5.00. The highest BCUT2D eigenvalue weighted by Gasteiger charge is 2.37. The van der Waals surface area contributed by atoms with Crippen LogP contribution in [-0.4, -0.2) is 27.7 Å². The van der Waals surface area contributed by atoms with E-state index < -0.39 is 17.5 Å². The van der Waals surface area contributed by atoms with Crippen molar-refractivity contribution in [2.75, 3.05) is 0 Å². The van der Waals surface area contributed by atoms with Gasteiger partial charge in [-0.3, -0.25) is 19.1 Å². The fourth-order valence-corrected chi connectivity index (χ4v) is 2.81. The molecule has 1 fully saturated rings. The third-order valence-electron chi connectivity index (χ3n) is 3.40. The standard InChI is InChI=1S/C13H17BrN2O5/c1-3-9-10(20-7(2)17)4-11(21-9)16-6-8(5-14)12(18)15-13(16)19/h6,9-11H,3-5H2,1-2H3,(H,15,18,19)/t9-,10-,11-/m1/s1. The highest BCUT2D eigenvalue weighted by atomic mass is 79.9. The van der Waals surface area contributed by atoms with Crippen molar-refractivity contribution in [2.45, 2.75) is 50.5 Å². The number of aromatic amines is 1. The average molecular weight is 361 g/mol. The maximum absolute atomic E-state index is 11.9. The summed E-state index contributed by atoms with van der Waals surface area (Å²) >= 11 is 3.20. The predicted molar refractivity (Wildman–Crippen MR) is 78.3 cm³/mol. The minimum Gasteiger partial charge on any atom is -0.460 e. The highest BCUT2D eigenvalue weighted by molar-refractivity contribution is 9.08. The minimum atomic E-state index is -0.554. The van der Waals surface area contributed by atoms with Crippen LogP contribution in [-0.2, 0) is 19.6 Å². The van der Waals surface area contributed by atoms with Crippen molar-refractivity contribution < 1.29 is 14.3 Å². The van der Waals surface area contributed by atoms with Gasteiger partial charge in [-0.1, -0.05) is 22.9 Å². The lowest BCUT2D eigenvalue weighted by Gasteiger charge is -2.16. The lowest BCUT2D eigenvalue weighted by Crippen LogP contribution is -2.33. The van der Waals surface area contributed by atoms with Crippen LogP contribution in [0.25, 0.3) is 0 Å². The van der Waals surface area contributed by atoms with E-state index in [9.17, 15) is 14.4 Å². The molecule has 3 atom stereocenters. The number of hydrogen-bond donors (Lipinski definition) is 1. The van der Waals surface area contributed by atoms with Gasteiger partial charge in [0, 0.05) is 30.4 Å². The molecule has 0 spiro atoms. The van der Waals surface area contributed by atoms with Gasteiger partial charge in [0.1, 0.15) is 12.3 Å². The Balaban J connectivity index is 2.29. The van der Waals surface area contributed by atoms with Crippen LogP contribution >= 0.6 is 15.9 Å². The van der Waals surface area contributed by atoms with Crippen LogP contribution in [0.1, 0.15) is 38.5 Å². The molecule has 1 N–H and O–H groups in total. The summed E-state index contributed by atoms with van der Waals surface area (Å²) in [4.78, 5) is 36.9. The number of carbonyl (C=O) groups is 1. The summed E-state index contributed by atoms with van der Waals surface area (Å²) in [6.07, 6.45) is 1.32. The quantitative estimate of drug-likeness (QED) is 0.640. The molecule has 7 nitrogen and oxygen atoms in total. The summed E-state index contributed by atoms with van der Waals surface area (Å²) in [5.74, 6) is -0.377. The number of halogens is 1. The molecule has 1 aliphatic heterocycles. The molecular weight excluding hydrogens is 344 g/mol. The van der Waals surface area contributed by atoms with E-state index in [1.54, 1.807) is 0 Å². The van der Waals surface area contributed by atoms with Gasteiger partial charge in [0.25, 0.3) is 5.56 Å². The van der Waals surface area contributed by atoms with Crippen LogP contribution in [0.4, 0.5) is 0 Å². The number of H-pyrrole nitrogens is 1. The van der Waals surface area contributed by atoms with E-state index >= 15 is 0 Å². The van der Waals surface area contributed by atoms with Crippen molar-refractivity contribution in [3.05, 3.63) is 32.6 Å². The van der Waals surface area contributed by atoms with Gasteiger partial charge in [0.05, 0.1) is 6.10 Å². The van der Waals surface area contributed by atoms with Gasteiger partial charge >= 0.3 is 11.7 Å². The smallest absolute Gasteiger partial charge is 0.330 e. The number of nitrogens with one attached hydrogen (secondary N) is 1. The number of esters is 1. The Morgan fingerprint density at radius 3 is 2.86 bits per heavy atom. The lowest BCUT2D eigenvalue weighted by molar-refractivity contribution is -0.149. The maximum Gasteiger partial charge on any atom is 0.330 e. The Hall–Kier alpha value is -1.41. The molecule has 0 aromatic carbocycles. The summed E-state index contributed by atoms with van der Waals surface area (Å²) < 4.78 is 12.3. The van der Waals surface area contributed by atoms with Crippen molar-refractivity contribution in [3.63, 3.8) is 0 Å². The van der Waals surface area contributed by atoms with Gasteiger partial charge in [-0.05, 0) is 6.42 Å². The molecular formula is C13H17BrN2O5. The molecule has 8 heteroatoms. The fraction of sp³-hybridized carbons (Fsp3) is 0.615. The maximum atomic E-state index is 11.9. The number of nitrogens with zero attached hydrogens (tertiary/aromatic N) is 1. The van der Waals surface area contributed by atoms with Crippen LogP contribution < -0.4 is 11.2 Å². The second kappa shape index (κ2) is 6.57. The molecule has 2 rings (SSSR count). The number of aromatic nitrogens is 2. The Morgan fingerprint density at radius 2 is 2.29 bits per heavy atom. The number of hydrogen-bond acceptors (Lipinski definition) is 5. The van der Waals surface area contributed by atoms with Crippen molar-refractivity contribution in [2.24, 2.45) is 0 Å². The minimum absolute atomic E-state index is 0.259. The molecule has 21 heavy (non-hydrogen) atoms. The fourth-order valence-electron chi connectivity index (χ4n) is 2.41. The van der Waals surface area contributed by atoms with E-state index in [0.717, 1.165) is 0 Å². The first-order chi connectivity index (χ1) is 9.96. The predicted octanol–water partition coefficient (Wildman–Crippen LogP) is 1.06. The zero-order chi connectivity index (χ0) is 15.6. The summed E-state index contributed by atoms with van der Waals surface area (Å²) in [5, 5.41) is 0.333. The Labute approximate surface area is 129 Å². The van der Waals surface area contributed by atoms with E-state index in [0.29, 0.717) is 23.7 Å². The summed E-state index contributed by atoms with van der Waals surface area (Å²) in [7, 11) is 0. The zero-order valence-corrected chi connectivity index (χ0v) is 13.4. The van der Waals surface area contributed by atoms with Crippen molar-refractivity contribution in [3.8, 4) is 0 Å². The molecule has 0 aliphatic carbocycles. The first-order valence-corrected chi connectivity index (χ1v) is 7.81. The zero-order valence-electron chi connectivity index (χ0n) is 11.8. The molecule has 2 heterocycles. The SMILES string of the molecule is CC[C@H]1O[C@@H](n2cc(CBr)c(=O)[nH]c2=O)C[C@H]1OC(C)=O. The van der Waals surface area contributed by atoms with E-state index in [1.165, 1.54) is 17.7 Å². The largest absolute Gasteiger partial charge is 0.460 e. The molecule has 0 bridgehead atoms. The van der Waals surface area contributed by atoms with E-state index in [4.69, 9.17) is 9.47 Å². The van der Waals surface area contributed by atoms with Gasteiger partial charge < -0.3 is 9.47 Å². The molecule has 116 valence electrons. The number of ether oxygens (including phenoxy) is 2. The van der Waals surface area contributed by atoms with Crippen molar-refractivity contribution in [1.82, 2.24) is 9.55 Å².